The van der Waals surface area contributed by atoms with Gasteiger partial charge in [-0.2, -0.15) is 0 Å². The number of phenols is 1. The van der Waals surface area contributed by atoms with Crippen LogP contribution >= 0.6 is 0 Å². The SMILES string of the molecule is Cc1cc(NC2=CC(=O)c3ccccc3C2=O)c([N+](=O)[O-])cc1O. The highest BCUT2D eigenvalue weighted by atomic mass is 16.6. The van der Waals surface area contributed by atoms with Crippen LogP contribution in [-0.4, -0.2) is 21.6 Å². The molecular formula is C17H12N2O5. The molecule has 0 saturated carbocycles. The summed E-state index contributed by atoms with van der Waals surface area (Å²) >= 11 is 0. The van der Waals surface area contributed by atoms with Gasteiger partial charge in [-0.15, -0.1) is 0 Å². The molecule has 3 rings (SSSR count). The molecule has 0 spiro atoms. The van der Waals surface area contributed by atoms with E-state index < -0.39 is 16.4 Å². The molecule has 0 aromatic heterocycles. The summed E-state index contributed by atoms with van der Waals surface area (Å²) in [6, 6.07) is 8.73. The molecule has 0 saturated heterocycles. The number of ketones is 2. The fourth-order valence-corrected chi connectivity index (χ4v) is 2.49. The third kappa shape index (κ3) is 2.52. The third-order valence-electron chi connectivity index (χ3n) is 3.74. The number of carbonyl (C=O) groups excluding carboxylic acids is 2. The van der Waals surface area contributed by atoms with Crippen LogP contribution in [-0.2, 0) is 0 Å². The normalized spacial score (nSPS) is 13.3. The van der Waals surface area contributed by atoms with Crippen LogP contribution in [0.15, 0.2) is 48.2 Å². The number of nitrogens with zero attached hydrogens (tertiary/aromatic N) is 1. The van der Waals surface area contributed by atoms with Crippen LogP contribution in [0, 0.1) is 17.0 Å². The molecule has 0 fully saturated rings. The summed E-state index contributed by atoms with van der Waals surface area (Å²) in [5, 5.41) is 23.4. The number of anilines is 1. The number of rotatable bonds is 3. The number of nitro benzene ring substituents is 1. The maximum Gasteiger partial charge on any atom is 0.296 e. The van der Waals surface area contributed by atoms with Gasteiger partial charge in [-0.05, 0) is 18.6 Å². The highest BCUT2D eigenvalue weighted by Gasteiger charge is 2.27. The van der Waals surface area contributed by atoms with E-state index in [0.29, 0.717) is 11.1 Å². The Morgan fingerprint density at radius 3 is 2.46 bits per heavy atom. The van der Waals surface area contributed by atoms with Gasteiger partial charge in [0.1, 0.15) is 11.4 Å². The molecule has 2 aromatic rings. The summed E-state index contributed by atoms with van der Waals surface area (Å²) in [6.45, 7) is 1.57. The van der Waals surface area contributed by atoms with Crippen LogP contribution in [0.3, 0.4) is 0 Å². The summed E-state index contributed by atoms with van der Waals surface area (Å²) in [5.41, 5.74) is 0.529. The van der Waals surface area contributed by atoms with Crippen molar-refractivity contribution in [2.45, 2.75) is 6.92 Å². The minimum absolute atomic E-state index is 0.0297. The molecular weight excluding hydrogens is 312 g/mol. The Labute approximate surface area is 136 Å². The Kier molecular flexibility index (Phi) is 3.61. The van der Waals surface area contributed by atoms with E-state index in [9.17, 15) is 24.8 Å². The molecule has 2 N–H and O–H groups in total. The first-order valence-electron chi connectivity index (χ1n) is 7.03. The largest absolute Gasteiger partial charge is 0.507 e. The predicted octanol–water partition coefficient (Wildman–Crippen LogP) is 2.98. The minimum Gasteiger partial charge on any atom is -0.507 e. The molecule has 0 radical (unpaired) electrons. The number of nitro groups is 1. The molecule has 120 valence electrons. The lowest BCUT2D eigenvalue weighted by Crippen LogP contribution is -2.21. The number of Topliss-reactive ketones (excluding diaryl/α,β-unsaturated/α-hetero) is 1. The topological polar surface area (TPSA) is 110 Å². The number of carbonyl (C=O) groups is 2. The highest BCUT2D eigenvalue weighted by molar-refractivity contribution is 6.25. The van der Waals surface area contributed by atoms with Gasteiger partial charge in [0.25, 0.3) is 5.69 Å². The number of phenolic OH excluding ortho intramolecular Hbond substituents is 1. The van der Waals surface area contributed by atoms with E-state index in [1.807, 2.05) is 0 Å². The van der Waals surface area contributed by atoms with E-state index >= 15 is 0 Å². The number of fused-ring (bicyclic) bond motifs is 1. The predicted molar refractivity (Wildman–Crippen MR) is 86.3 cm³/mol. The number of nitrogens with one attached hydrogen (secondary N) is 1. The van der Waals surface area contributed by atoms with Gasteiger partial charge in [0.05, 0.1) is 16.7 Å². The molecule has 1 aliphatic carbocycles. The second-order valence-corrected chi connectivity index (χ2v) is 5.33. The molecule has 0 heterocycles. The minimum atomic E-state index is -0.675. The van der Waals surface area contributed by atoms with Gasteiger partial charge >= 0.3 is 0 Å². The van der Waals surface area contributed by atoms with Gasteiger partial charge in [-0.3, -0.25) is 19.7 Å². The van der Waals surface area contributed by atoms with Crippen molar-refractivity contribution in [2.75, 3.05) is 5.32 Å². The lowest BCUT2D eigenvalue weighted by atomic mass is 9.92. The van der Waals surface area contributed by atoms with Crippen molar-refractivity contribution < 1.29 is 19.6 Å². The Bertz CT molecular complexity index is 931. The van der Waals surface area contributed by atoms with E-state index in [0.717, 1.165) is 12.1 Å². The fraction of sp³-hybridized carbons (Fsp3) is 0.0588. The van der Waals surface area contributed by atoms with E-state index in [-0.39, 0.29) is 28.5 Å². The van der Waals surface area contributed by atoms with Gasteiger partial charge in [0, 0.05) is 17.2 Å². The van der Waals surface area contributed by atoms with Crippen LogP contribution in [0.1, 0.15) is 26.3 Å². The quantitative estimate of drug-likeness (QED) is 0.510. The Morgan fingerprint density at radius 2 is 1.79 bits per heavy atom. The highest BCUT2D eigenvalue weighted by Crippen LogP contribution is 2.33. The maximum absolute atomic E-state index is 12.5. The average molecular weight is 324 g/mol. The van der Waals surface area contributed by atoms with Gasteiger partial charge in [-0.25, -0.2) is 0 Å². The number of hydrogen-bond donors (Lipinski definition) is 2. The number of aromatic hydroxyl groups is 1. The summed E-state index contributed by atoms with van der Waals surface area (Å²) in [6.07, 6.45) is 1.12. The summed E-state index contributed by atoms with van der Waals surface area (Å²) < 4.78 is 0. The van der Waals surface area contributed by atoms with Crippen LogP contribution in [0.2, 0.25) is 0 Å². The molecule has 24 heavy (non-hydrogen) atoms. The molecule has 7 heteroatoms. The van der Waals surface area contributed by atoms with Crippen LogP contribution < -0.4 is 5.32 Å². The number of allylic oxidation sites excluding steroid dienone is 2. The molecule has 0 amide bonds. The third-order valence-corrected chi connectivity index (χ3v) is 3.74. The van der Waals surface area contributed by atoms with E-state index in [1.54, 1.807) is 25.1 Å². The summed E-state index contributed by atoms with van der Waals surface area (Å²) in [5.74, 6) is -1.01. The molecule has 7 nitrogen and oxygen atoms in total. The van der Waals surface area contributed by atoms with Crippen molar-refractivity contribution >= 4 is 22.9 Å². The van der Waals surface area contributed by atoms with Crippen molar-refractivity contribution in [1.29, 1.82) is 0 Å². The fourth-order valence-electron chi connectivity index (χ4n) is 2.49. The molecule has 0 aliphatic heterocycles. The molecule has 0 atom stereocenters. The van der Waals surface area contributed by atoms with Gasteiger partial charge in [0.2, 0.25) is 5.78 Å². The zero-order valence-corrected chi connectivity index (χ0v) is 12.6. The van der Waals surface area contributed by atoms with E-state index in [4.69, 9.17) is 0 Å². The van der Waals surface area contributed by atoms with Crippen molar-refractivity contribution in [3.8, 4) is 5.75 Å². The van der Waals surface area contributed by atoms with Crippen molar-refractivity contribution in [3.05, 3.63) is 75.0 Å². The van der Waals surface area contributed by atoms with Crippen LogP contribution in [0.25, 0.3) is 0 Å². The zero-order chi connectivity index (χ0) is 17.4. The second kappa shape index (κ2) is 5.62. The first-order valence-corrected chi connectivity index (χ1v) is 7.03. The lowest BCUT2D eigenvalue weighted by molar-refractivity contribution is -0.384. The van der Waals surface area contributed by atoms with E-state index in [1.165, 1.54) is 12.1 Å². The molecule has 0 bridgehead atoms. The Hall–Kier alpha value is -3.48. The maximum atomic E-state index is 12.5. The van der Waals surface area contributed by atoms with Gasteiger partial charge in [0.15, 0.2) is 5.78 Å². The monoisotopic (exact) mass is 324 g/mol. The number of benzene rings is 2. The Morgan fingerprint density at radius 1 is 1.12 bits per heavy atom. The van der Waals surface area contributed by atoms with E-state index in [2.05, 4.69) is 5.32 Å². The van der Waals surface area contributed by atoms with Crippen molar-refractivity contribution in [2.24, 2.45) is 0 Å². The standard InChI is InChI=1S/C17H12N2O5/c1-9-6-12(14(19(23)24)8-15(9)20)18-13-7-16(21)10-4-2-3-5-11(10)17(13)22/h2-8,18,20H,1H3. The lowest BCUT2D eigenvalue weighted by Gasteiger charge is -2.17. The average Bonchev–Trinajstić information content (AvgIpc) is 2.55. The molecule has 2 aromatic carbocycles. The number of aryl methyl sites for hydroxylation is 1. The summed E-state index contributed by atoms with van der Waals surface area (Å²) in [4.78, 5) is 35.1. The number of hydrogen-bond acceptors (Lipinski definition) is 6. The Balaban J connectivity index is 2.04. The van der Waals surface area contributed by atoms with Crippen molar-refractivity contribution in [3.63, 3.8) is 0 Å². The smallest absolute Gasteiger partial charge is 0.296 e. The molecule has 0 unspecified atom stereocenters. The zero-order valence-electron chi connectivity index (χ0n) is 12.6. The van der Waals surface area contributed by atoms with Crippen LogP contribution in [0.4, 0.5) is 11.4 Å². The first kappa shape index (κ1) is 15.4. The van der Waals surface area contributed by atoms with Crippen molar-refractivity contribution in [1.82, 2.24) is 0 Å². The first-order chi connectivity index (χ1) is 11.4. The van der Waals surface area contributed by atoms with Gasteiger partial charge < -0.3 is 10.4 Å². The molecule has 1 aliphatic rings. The van der Waals surface area contributed by atoms with Crippen LogP contribution in [0.5, 0.6) is 5.75 Å². The second-order valence-electron chi connectivity index (χ2n) is 5.33. The summed E-state index contributed by atoms with van der Waals surface area (Å²) in [7, 11) is 0. The van der Waals surface area contributed by atoms with Gasteiger partial charge in [-0.1, -0.05) is 24.3 Å².